The standard InChI is InChI=1S/C23H36N6/c1-3-24-23(29-15-10-20(17-29)16-27-12-5-4-6-13-27)25-11-9-21-18-28-14-7-8-19(2)22(28)26-21/h7-8,14,18,20H,3-6,9-13,15-17H2,1-2H3,(H,24,25). The van der Waals surface area contributed by atoms with Crippen LogP contribution in [-0.2, 0) is 6.42 Å². The van der Waals surface area contributed by atoms with Crippen molar-refractivity contribution in [3.63, 3.8) is 0 Å². The molecule has 1 N–H and O–H groups in total. The monoisotopic (exact) mass is 396 g/mol. The third-order valence-corrected chi connectivity index (χ3v) is 6.24. The number of imidazole rings is 1. The predicted molar refractivity (Wildman–Crippen MR) is 120 cm³/mol. The first-order chi connectivity index (χ1) is 14.2. The molecule has 0 radical (unpaired) electrons. The number of piperidine rings is 1. The SMILES string of the molecule is CCNC(=NCCc1cn2cccc(C)c2n1)N1CCC(CN2CCCCC2)C1. The number of hydrogen-bond donors (Lipinski definition) is 1. The second-order valence-corrected chi connectivity index (χ2v) is 8.60. The maximum absolute atomic E-state index is 4.93. The molecule has 1 unspecified atom stereocenters. The van der Waals surface area contributed by atoms with E-state index in [9.17, 15) is 0 Å². The summed E-state index contributed by atoms with van der Waals surface area (Å²) in [6.07, 6.45) is 10.5. The minimum atomic E-state index is 0.776. The molecule has 2 aromatic rings. The minimum Gasteiger partial charge on any atom is -0.357 e. The summed E-state index contributed by atoms with van der Waals surface area (Å²) in [5.74, 6) is 1.85. The molecule has 158 valence electrons. The van der Waals surface area contributed by atoms with Crippen molar-refractivity contribution in [3.05, 3.63) is 35.8 Å². The van der Waals surface area contributed by atoms with Gasteiger partial charge in [0.1, 0.15) is 5.65 Å². The van der Waals surface area contributed by atoms with Crippen LogP contribution in [-0.4, -0.2) is 71.0 Å². The Balaban J connectivity index is 1.33. The Morgan fingerprint density at radius 2 is 2.10 bits per heavy atom. The molecular weight excluding hydrogens is 360 g/mol. The molecule has 0 saturated carbocycles. The van der Waals surface area contributed by atoms with Gasteiger partial charge in [0, 0.05) is 51.5 Å². The fourth-order valence-corrected chi connectivity index (χ4v) is 4.71. The Labute approximate surface area is 175 Å². The summed E-state index contributed by atoms with van der Waals surface area (Å²) >= 11 is 0. The smallest absolute Gasteiger partial charge is 0.193 e. The van der Waals surface area contributed by atoms with E-state index in [1.165, 1.54) is 50.9 Å². The van der Waals surface area contributed by atoms with Gasteiger partial charge in [-0.15, -0.1) is 0 Å². The summed E-state index contributed by atoms with van der Waals surface area (Å²) in [6, 6.07) is 4.18. The fourth-order valence-electron chi connectivity index (χ4n) is 4.71. The van der Waals surface area contributed by atoms with Gasteiger partial charge in [0.15, 0.2) is 5.96 Å². The Morgan fingerprint density at radius 3 is 2.90 bits per heavy atom. The first-order valence-electron chi connectivity index (χ1n) is 11.4. The van der Waals surface area contributed by atoms with Gasteiger partial charge in [-0.2, -0.15) is 0 Å². The number of fused-ring (bicyclic) bond motifs is 1. The lowest BCUT2D eigenvalue weighted by Crippen LogP contribution is -2.41. The van der Waals surface area contributed by atoms with E-state index in [2.05, 4.69) is 57.9 Å². The Kier molecular flexibility index (Phi) is 6.70. The Morgan fingerprint density at radius 1 is 1.24 bits per heavy atom. The van der Waals surface area contributed by atoms with Crippen molar-refractivity contribution < 1.29 is 0 Å². The molecule has 4 heterocycles. The van der Waals surface area contributed by atoms with Gasteiger partial charge in [0.2, 0.25) is 0 Å². The van der Waals surface area contributed by atoms with Crippen LogP contribution < -0.4 is 5.32 Å². The van der Waals surface area contributed by atoms with Crippen LogP contribution in [0.2, 0.25) is 0 Å². The summed E-state index contributed by atoms with van der Waals surface area (Å²) in [5.41, 5.74) is 3.38. The molecular formula is C23H36N6. The molecule has 0 spiro atoms. The number of aromatic nitrogens is 2. The predicted octanol–water partition coefficient (Wildman–Crippen LogP) is 2.96. The zero-order chi connectivity index (χ0) is 20.1. The quantitative estimate of drug-likeness (QED) is 0.602. The third-order valence-electron chi connectivity index (χ3n) is 6.24. The number of nitrogens with one attached hydrogen (secondary N) is 1. The summed E-state index contributed by atoms with van der Waals surface area (Å²) in [4.78, 5) is 14.9. The zero-order valence-electron chi connectivity index (χ0n) is 18.1. The van der Waals surface area contributed by atoms with E-state index in [4.69, 9.17) is 9.98 Å². The molecule has 0 aliphatic carbocycles. The van der Waals surface area contributed by atoms with E-state index in [-0.39, 0.29) is 0 Å². The van der Waals surface area contributed by atoms with Gasteiger partial charge in [-0.05, 0) is 63.7 Å². The molecule has 0 amide bonds. The van der Waals surface area contributed by atoms with Crippen LogP contribution in [0.15, 0.2) is 29.5 Å². The highest BCUT2D eigenvalue weighted by atomic mass is 15.3. The molecule has 2 saturated heterocycles. The first kappa shape index (κ1) is 20.2. The molecule has 6 nitrogen and oxygen atoms in total. The van der Waals surface area contributed by atoms with E-state index in [1.807, 2.05) is 0 Å². The van der Waals surface area contributed by atoms with Gasteiger partial charge in [0.25, 0.3) is 0 Å². The lowest BCUT2D eigenvalue weighted by Gasteiger charge is -2.29. The lowest BCUT2D eigenvalue weighted by molar-refractivity contribution is 0.198. The number of pyridine rings is 1. The highest BCUT2D eigenvalue weighted by Crippen LogP contribution is 2.20. The van der Waals surface area contributed by atoms with Crippen LogP contribution in [0.3, 0.4) is 0 Å². The van der Waals surface area contributed by atoms with Crippen LogP contribution in [0.1, 0.15) is 43.9 Å². The Bertz CT molecular complexity index is 820. The molecule has 1 atom stereocenters. The molecule has 29 heavy (non-hydrogen) atoms. The van der Waals surface area contributed by atoms with Crippen molar-refractivity contribution in [1.29, 1.82) is 0 Å². The summed E-state index contributed by atoms with van der Waals surface area (Å²) < 4.78 is 2.12. The second kappa shape index (κ2) is 9.61. The van der Waals surface area contributed by atoms with E-state index < -0.39 is 0 Å². The highest BCUT2D eigenvalue weighted by Gasteiger charge is 2.26. The topological polar surface area (TPSA) is 48.2 Å². The van der Waals surface area contributed by atoms with Gasteiger partial charge in [-0.3, -0.25) is 4.99 Å². The molecule has 4 rings (SSSR count). The normalized spacial score (nSPS) is 21.2. The second-order valence-electron chi connectivity index (χ2n) is 8.60. The Hall–Kier alpha value is -2.08. The average molecular weight is 397 g/mol. The number of aryl methyl sites for hydroxylation is 1. The van der Waals surface area contributed by atoms with Crippen molar-refractivity contribution in [2.45, 2.75) is 46.0 Å². The van der Waals surface area contributed by atoms with E-state index in [0.29, 0.717) is 0 Å². The van der Waals surface area contributed by atoms with E-state index in [0.717, 1.165) is 55.8 Å². The summed E-state index contributed by atoms with van der Waals surface area (Å²) in [6.45, 7) is 12.1. The van der Waals surface area contributed by atoms with Gasteiger partial charge in [-0.25, -0.2) is 4.98 Å². The number of nitrogens with zero attached hydrogens (tertiary/aromatic N) is 5. The van der Waals surface area contributed by atoms with Crippen molar-refractivity contribution in [2.24, 2.45) is 10.9 Å². The van der Waals surface area contributed by atoms with Crippen molar-refractivity contribution in [3.8, 4) is 0 Å². The fraction of sp³-hybridized carbons (Fsp3) is 0.652. The highest BCUT2D eigenvalue weighted by molar-refractivity contribution is 5.80. The van der Waals surface area contributed by atoms with Gasteiger partial charge < -0.3 is 19.5 Å². The number of likely N-dealkylation sites (tertiary alicyclic amines) is 2. The van der Waals surface area contributed by atoms with Crippen molar-refractivity contribution in [2.75, 3.05) is 45.8 Å². The van der Waals surface area contributed by atoms with Crippen LogP contribution in [0, 0.1) is 12.8 Å². The summed E-state index contributed by atoms with van der Waals surface area (Å²) in [5, 5.41) is 3.51. The van der Waals surface area contributed by atoms with Crippen molar-refractivity contribution >= 4 is 11.6 Å². The minimum absolute atomic E-state index is 0.776. The average Bonchev–Trinajstić information content (AvgIpc) is 3.36. The third kappa shape index (κ3) is 5.10. The molecule has 2 aliphatic heterocycles. The van der Waals surface area contributed by atoms with Crippen LogP contribution in [0.5, 0.6) is 0 Å². The first-order valence-corrected chi connectivity index (χ1v) is 11.4. The number of aliphatic imine (C=N–C) groups is 1. The van der Waals surface area contributed by atoms with Crippen LogP contribution in [0.4, 0.5) is 0 Å². The molecule has 0 bridgehead atoms. The zero-order valence-corrected chi connectivity index (χ0v) is 18.1. The molecule has 2 aliphatic rings. The molecule has 0 aromatic carbocycles. The number of hydrogen-bond acceptors (Lipinski definition) is 3. The van der Waals surface area contributed by atoms with Crippen molar-refractivity contribution in [1.82, 2.24) is 24.5 Å². The lowest BCUT2D eigenvalue weighted by atomic mass is 10.1. The maximum atomic E-state index is 4.93. The number of rotatable bonds is 6. The number of guanidine groups is 1. The van der Waals surface area contributed by atoms with Crippen LogP contribution in [0.25, 0.3) is 5.65 Å². The largest absolute Gasteiger partial charge is 0.357 e. The van der Waals surface area contributed by atoms with Gasteiger partial charge in [-0.1, -0.05) is 12.5 Å². The van der Waals surface area contributed by atoms with E-state index >= 15 is 0 Å². The van der Waals surface area contributed by atoms with Gasteiger partial charge >= 0.3 is 0 Å². The molecule has 2 fully saturated rings. The maximum Gasteiger partial charge on any atom is 0.193 e. The summed E-state index contributed by atoms with van der Waals surface area (Å²) in [7, 11) is 0. The van der Waals surface area contributed by atoms with Gasteiger partial charge in [0.05, 0.1) is 5.69 Å². The van der Waals surface area contributed by atoms with Crippen LogP contribution >= 0.6 is 0 Å². The molecule has 2 aromatic heterocycles. The van der Waals surface area contributed by atoms with E-state index in [1.54, 1.807) is 0 Å². The molecule has 6 heteroatoms.